The van der Waals surface area contributed by atoms with Gasteiger partial charge in [0.15, 0.2) is 17.5 Å². The number of halogens is 2. The summed E-state index contributed by atoms with van der Waals surface area (Å²) in [4.78, 5) is 4.09. The molecule has 2 aromatic rings. The Balaban J connectivity index is 2.16. The topological polar surface area (TPSA) is 51.0 Å². The summed E-state index contributed by atoms with van der Waals surface area (Å²) in [6.07, 6.45) is 0. The number of aromatic nitrogens is 2. The molecular formula is C12H13F2N3O. The number of rotatable bonds is 4. The molecule has 1 N–H and O–H groups in total. The average molecular weight is 253 g/mol. The molecule has 0 unspecified atom stereocenters. The first kappa shape index (κ1) is 12.6. The van der Waals surface area contributed by atoms with Gasteiger partial charge in [-0.25, -0.2) is 8.78 Å². The van der Waals surface area contributed by atoms with Gasteiger partial charge in [-0.05, 0) is 18.2 Å². The van der Waals surface area contributed by atoms with Gasteiger partial charge in [0.05, 0.1) is 6.54 Å². The lowest BCUT2D eigenvalue weighted by atomic mass is 10.2. The van der Waals surface area contributed by atoms with Gasteiger partial charge in [-0.2, -0.15) is 4.98 Å². The first-order valence-electron chi connectivity index (χ1n) is 5.57. The normalized spacial score (nSPS) is 11.2. The van der Waals surface area contributed by atoms with Gasteiger partial charge in [-0.3, -0.25) is 0 Å². The van der Waals surface area contributed by atoms with E-state index in [1.54, 1.807) is 0 Å². The highest BCUT2D eigenvalue weighted by Gasteiger charge is 2.11. The van der Waals surface area contributed by atoms with Gasteiger partial charge in [-0.1, -0.05) is 19.0 Å². The van der Waals surface area contributed by atoms with E-state index in [1.165, 1.54) is 6.07 Å². The van der Waals surface area contributed by atoms with Crippen molar-refractivity contribution in [1.29, 1.82) is 0 Å². The number of benzene rings is 1. The zero-order chi connectivity index (χ0) is 13.1. The molecule has 96 valence electrons. The second kappa shape index (κ2) is 5.22. The molecule has 0 aliphatic rings. The Bertz CT molecular complexity index is 540. The van der Waals surface area contributed by atoms with Crippen LogP contribution in [0.4, 0.5) is 8.78 Å². The van der Waals surface area contributed by atoms with Gasteiger partial charge in [0, 0.05) is 11.6 Å². The predicted octanol–water partition coefficient (Wildman–Crippen LogP) is 2.51. The molecule has 0 radical (unpaired) electrons. The number of nitrogens with one attached hydrogen (secondary N) is 1. The van der Waals surface area contributed by atoms with Crippen LogP contribution in [0, 0.1) is 11.6 Å². The predicted molar refractivity (Wildman–Crippen MR) is 61.6 cm³/mol. The van der Waals surface area contributed by atoms with Crippen molar-refractivity contribution in [2.24, 2.45) is 0 Å². The lowest BCUT2D eigenvalue weighted by Crippen LogP contribution is -2.22. The Labute approximate surface area is 103 Å². The molecule has 1 aromatic heterocycles. The molecular weight excluding hydrogens is 240 g/mol. The van der Waals surface area contributed by atoms with Crippen molar-refractivity contribution in [2.75, 3.05) is 0 Å². The summed E-state index contributed by atoms with van der Waals surface area (Å²) >= 11 is 0. The van der Waals surface area contributed by atoms with Gasteiger partial charge in [0.25, 0.3) is 5.89 Å². The fraction of sp³-hybridized carbons (Fsp3) is 0.333. The van der Waals surface area contributed by atoms with Crippen molar-refractivity contribution in [3.63, 3.8) is 0 Å². The van der Waals surface area contributed by atoms with Crippen molar-refractivity contribution in [1.82, 2.24) is 15.5 Å². The quantitative estimate of drug-likeness (QED) is 0.909. The van der Waals surface area contributed by atoms with Gasteiger partial charge in [0.2, 0.25) is 0 Å². The molecule has 0 aliphatic carbocycles. The summed E-state index contributed by atoms with van der Waals surface area (Å²) < 4.78 is 30.8. The van der Waals surface area contributed by atoms with Gasteiger partial charge in [0.1, 0.15) is 0 Å². The van der Waals surface area contributed by atoms with Crippen molar-refractivity contribution in [2.45, 2.75) is 26.4 Å². The molecule has 6 heteroatoms. The molecule has 0 aliphatic heterocycles. The van der Waals surface area contributed by atoms with E-state index in [4.69, 9.17) is 4.52 Å². The van der Waals surface area contributed by atoms with E-state index in [2.05, 4.69) is 15.5 Å². The molecule has 0 fully saturated rings. The molecule has 0 saturated carbocycles. The molecule has 1 aromatic carbocycles. The SMILES string of the molecule is CC(C)NCc1noc(-c2ccc(F)c(F)c2)n1. The van der Waals surface area contributed by atoms with Gasteiger partial charge >= 0.3 is 0 Å². The second-order valence-corrected chi connectivity index (χ2v) is 4.18. The zero-order valence-electron chi connectivity index (χ0n) is 10.1. The molecule has 0 bridgehead atoms. The highest BCUT2D eigenvalue weighted by atomic mass is 19.2. The lowest BCUT2D eigenvalue weighted by molar-refractivity contribution is 0.416. The monoisotopic (exact) mass is 253 g/mol. The molecule has 0 amide bonds. The third-order valence-electron chi connectivity index (χ3n) is 2.30. The number of hydrogen-bond acceptors (Lipinski definition) is 4. The lowest BCUT2D eigenvalue weighted by Gasteiger charge is -2.03. The maximum atomic E-state index is 13.0. The van der Waals surface area contributed by atoms with E-state index in [0.717, 1.165) is 12.1 Å². The standard InChI is InChI=1S/C12H13F2N3O/c1-7(2)15-6-11-16-12(18-17-11)8-3-4-9(13)10(14)5-8/h3-5,7,15H,6H2,1-2H3. The number of nitrogens with zero attached hydrogens (tertiary/aromatic N) is 2. The van der Waals surface area contributed by atoms with E-state index in [-0.39, 0.29) is 5.89 Å². The van der Waals surface area contributed by atoms with Crippen molar-refractivity contribution in [3.05, 3.63) is 35.7 Å². The van der Waals surface area contributed by atoms with Crippen molar-refractivity contribution >= 4 is 0 Å². The minimum Gasteiger partial charge on any atom is -0.334 e. The first-order chi connectivity index (χ1) is 8.56. The third kappa shape index (κ3) is 2.89. The molecule has 0 saturated heterocycles. The molecule has 0 atom stereocenters. The molecule has 1 heterocycles. The highest BCUT2D eigenvalue weighted by Crippen LogP contribution is 2.19. The van der Waals surface area contributed by atoms with Crippen LogP contribution in [0.5, 0.6) is 0 Å². The molecule has 2 rings (SSSR count). The Morgan fingerprint density at radius 2 is 2.06 bits per heavy atom. The fourth-order valence-electron chi connectivity index (χ4n) is 1.37. The fourth-order valence-corrected chi connectivity index (χ4v) is 1.37. The maximum Gasteiger partial charge on any atom is 0.258 e. The van der Waals surface area contributed by atoms with E-state index in [1.807, 2.05) is 13.8 Å². The van der Waals surface area contributed by atoms with Crippen LogP contribution in [-0.4, -0.2) is 16.2 Å². The smallest absolute Gasteiger partial charge is 0.258 e. The van der Waals surface area contributed by atoms with Crippen LogP contribution in [0.15, 0.2) is 22.7 Å². The van der Waals surface area contributed by atoms with Crippen LogP contribution < -0.4 is 5.32 Å². The van der Waals surface area contributed by atoms with Crippen molar-refractivity contribution in [3.8, 4) is 11.5 Å². The summed E-state index contributed by atoms with van der Waals surface area (Å²) in [5.41, 5.74) is 0.359. The summed E-state index contributed by atoms with van der Waals surface area (Å²) in [5, 5.41) is 6.88. The first-order valence-corrected chi connectivity index (χ1v) is 5.57. The summed E-state index contributed by atoms with van der Waals surface area (Å²) in [7, 11) is 0. The van der Waals surface area contributed by atoms with Crippen LogP contribution in [-0.2, 0) is 6.54 Å². The van der Waals surface area contributed by atoms with Gasteiger partial charge in [-0.15, -0.1) is 0 Å². The third-order valence-corrected chi connectivity index (χ3v) is 2.30. The largest absolute Gasteiger partial charge is 0.334 e. The highest BCUT2D eigenvalue weighted by molar-refractivity contribution is 5.52. The van der Waals surface area contributed by atoms with Crippen LogP contribution in [0.3, 0.4) is 0 Å². The molecule has 0 spiro atoms. The molecule has 18 heavy (non-hydrogen) atoms. The Hall–Kier alpha value is -1.82. The van der Waals surface area contributed by atoms with E-state index < -0.39 is 11.6 Å². The van der Waals surface area contributed by atoms with Gasteiger partial charge < -0.3 is 9.84 Å². The van der Waals surface area contributed by atoms with Crippen LogP contribution >= 0.6 is 0 Å². The minimum atomic E-state index is -0.937. The summed E-state index contributed by atoms with van der Waals surface area (Å²) in [6, 6.07) is 3.75. The van der Waals surface area contributed by atoms with Crippen LogP contribution in [0.25, 0.3) is 11.5 Å². The van der Waals surface area contributed by atoms with E-state index in [0.29, 0.717) is 24.0 Å². The minimum absolute atomic E-state index is 0.175. The molecule has 4 nitrogen and oxygen atoms in total. The van der Waals surface area contributed by atoms with Crippen LogP contribution in [0.2, 0.25) is 0 Å². The van der Waals surface area contributed by atoms with Crippen LogP contribution in [0.1, 0.15) is 19.7 Å². The maximum absolute atomic E-state index is 13.0. The average Bonchev–Trinajstić information content (AvgIpc) is 2.79. The van der Waals surface area contributed by atoms with E-state index >= 15 is 0 Å². The second-order valence-electron chi connectivity index (χ2n) is 4.18. The zero-order valence-corrected chi connectivity index (χ0v) is 10.1. The number of hydrogen-bond donors (Lipinski definition) is 1. The van der Waals surface area contributed by atoms with Crippen molar-refractivity contribution < 1.29 is 13.3 Å². The Kier molecular flexibility index (Phi) is 3.66. The summed E-state index contributed by atoms with van der Waals surface area (Å²) in [5.74, 6) is -1.19. The Morgan fingerprint density at radius 3 is 2.72 bits per heavy atom. The van der Waals surface area contributed by atoms with E-state index in [9.17, 15) is 8.78 Å². The Morgan fingerprint density at radius 1 is 1.28 bits per heavy atom. The summed E-state index contributed by atoms with van der Waals surface area (Å²) in [6.45, 7) is 4.46.